The number of aromatic nitrogens is 2. The van der Waals surface area contributed by atoms with Gasteiger partial charge < -0.3 is 10.4 Å². The summed E-state index contributed by atoms with van der Waals surface area (Å²) < 4.78 is 0. The van der Waals surface area contributed by atoms with Crippen molar-refractivity contribution in [1.29, 1.82) is 0 Å². The molecule has 3 N–H and O–H groups in total. The van der Waals surface area contributed by atoms with Gasteiger partial charge in [0.15, 0.2) is 0 Å². The van der Waals surface area contributed by atoms with Crippen molar-refractivity contribution >= 4 is 11.9 Å². The molecule has 0 radical (unpaired) electrons. The van der Waals surface area contributed by atoms with Crippen LogP contribution in [0.3, 0.4) is 0 Å². The fraction of sp³-hybridized carbons (Fsp3) is 0.615. The minimum absolute atomic E-state index is 0.107. The van der Waals surface area contributed by atoms with Gasteiger partial charge in [0.2, 0.25) is 0 Å². The molecular formula is C13H19N3O3. The normalized spacial score (nSPS) is 17.0. The minimum Gasteiger partial charge on any atom is -0.481 e. The summed E-state index contributed by atoms with van der Waals surface area (Å²) in [4.78, 5) is 22.9. The predicted octanol–water partition coefficient (Wildman–Crippen LogP) is 1.30. The van der Waals surface area contributed by atoms with Crippen LogP contribution < -0.4 is 5.32 Å². The van der Waals surface area contributed by atoms with Crippen molar-refractivity contribution in [3.8, 4) is 0 Å². The molecule has 0 aliphatic heterocycles. The van der Waals surface area contributed by atoms with E-state index in [0.717, 1.165) is 5.69 Å². The number of carboxylic acid groups (broad SMARTS) is 1. The van der Waals surface area contributed by atoms with E-state index in [4.69, 9.17) is 5.11 Å². The van der Waals surface area contributed by atoms with Crippen LogP contribution in [0.15, 0.2) is 6.07 Å². The van der Waals surface area contributed by atoms with Crippen LogP contribution in [-0.2, 0) is 10.2 Å². The number of carbonyl (C=O) groups excluding carboxylic acids is 1. The lowest BCUT2D eigenvalue weighted by atomic mass is 9.92. The highest BCUT2D eigenvalue weighted by Crippen LogP contribution is 2.45. The number of hydrogen-bond acceptors (Lipinski definition) is 3. The Balaban J connectivity index is 1.97. The van der Waals surface area contributed by atoms with Crippen LogP contribution in [-0.4, -0.2) is 33.7 Å². The Morgan fingerprint density at radius 2 is 2.11 bits per heavy atom. The van der Waals surface area contributed by atoms with Crippen molar-refractivity contribution in [2.24, 2.45) is 5.41 Å². The van der Waals surface area contributed by atoms with Gasteiger partial charge in [-0.3, -0.25) is 14.7 Å². The second-order valence-electron chi connectivity index (χ2n) is 6.19. The number of carbonyl (C=O) groups is 2. The number of aromatic amines is 1. The smallest absolute Gasteiger partial charge is 0.311 e. The first kappa shape index (κ1) is 13.6. The Morgan fingerprint density at radius 1 is 1.47 bits per heavy atom. The number of nitrogens with zero attached hydrogens (tertiary/aromatic N) is 1. The van der Waals surface area contributed by atoms with Crippen LogP contribution in [0.4, 0.5) is 0 Å². The fourth-order valence-corrected chi connectivity index (χ4v) is 1.78. The van der Waals surface area contributed by atoms with E-state index in [9.17, 15) is 9.59 Å². The molecular weight excluding hydrogens is 246 g/mol. The summed E-state index contributed by atoms with van der Waals surface area (Å²) in [5.74, 6) is -1.18. The molecule has 1 aliphatic rings. The van der Waals surface area contributed by atoms with Gasteiger partial charge in [-0.15, -0.1) is 0 Å². The Bertz CT molecular complexity index is 509. The summed E-state index contributed by atoms with van der Waals surface area (Å²) in [7, 11) is 0. The van der Waals surface area contributed by atoms with Crippen molar-refractivity contribution in [3.63, 3.8) is 0 Å². The number of nitrogens with one attached hydrogen (secondary N) is 2. The van der Waals surface area contributed by atoms with Crippen LogP contribution in [0.1, 0.15) is 49.8 Å². The monoisotopic (exact) mass is 265 g/mol. The molecule has 6 nitrogen and oxygen atoms in total. The van der Waals surface area contributed by atoms with E-state index in [1.165, 1.54) is 0 Å². The van der Waals surface area contributed by atoms with Crippen LogP contribution in [0.2, 0.25) is 0 Å². The molecule has 104 valence electrons. The lowest BCUT2D eigenvalue weighted by Crippen LogP contribution is -2.34. The molecule has 0 atom stereocenters. The van der Waals surface area contributed by atoms with Gasteiger partial charge in [0.05, 0.1) is 5.41 Å². The van der Waals surface area contributed by atoms with E-state index in [-0.39, 0.29) is 17.9 Å². The fourth-order valence-electron chi connectivity index (χ4n) is 1.78. The summed E-state index contributed by atoms with van der Waals surface area (Å²) in [5.41, 5.74) is 0.312. The number of hydrogen-bond donors (Lipinski definition) is 3. The number of carboxylic acids is 1. The van der Waals surface area contributed by atoms with E-state index in [1.54, 1.807) is 6.07 Å². The van der Waals surface area contributed by atoms with Gasteiger partial charge in [-0.1, -0.05) is 20.8 Å². The van der Waals surface area contributed by atoms with Crippen molar-refractivity contribution in [1.82, 2.24) is 15.5 Å². The molecule has 0 aromatic carbocycles. The quantitative estimate of drug-likeness (QED) is 0.764. The zero-order valence-electron chi connectivity index (χ0n) is 11.4. The first-order valence-corrected chi connectivity index (χ1v) is 6.32. The maximum atomic E-state index is 11.9. The van der Waals surface area contributed by atoms with Gasteiger partial charge in [-0.25, -0.2) is 0 Å². The van der Waals surface area contributed by atoms with E-state index in [1.807, 2.05) is 20.8 Å². The Morgan fingerprint density at radius 3 is 2.53 bits per heavy atom. The molecule has 0 saturated heterocycles. The van der Waals surface area contributed by atoms with Crippen LogP contribution in [0, 0.1) is 5.41 Å². The Kier molecular flexibility index (Phi) is 3.12. The van der Waals surface area contributed by atoms with Gasteiger partial charge in [-0.05, 0) is 18.9 Å². The van der Waals surface area contributed by atoms with E-state index in [2.05, 4.69) is 15.5 Å². The topological polar surface area (TPSA) is 95.1 Å². The molecule has 0 unspecified atom stereocenters. The average molecular weight is 265 g/mol. The molecule has 0 spiro atoms. The summed E-state index contributed by atoms with van der Waals surface area (Å²) >= 11 is 0. The van der Waals surface area contributed by atoms with Gasteiger partial charge in [0.25, 0.3) is 5.91 Å². The SMILES string of the molecule is CC(C)(C)c1cc(C(=O)NCC2(C(=O)O)CC2)n[nH]1. The largest absolute Gasteiger partial charge is 0.481 e. The zero-order chi connectivity index (χ0) is 14.3. The molecule has 19 heavy (non-hydrogen) atoms. The zero-order valence-corrected chi connectivity index (χ0v) is 11.4. The third-order valence-corrected chi connectivity index (χ3v) is 3.51. The summed E-state index contributed by atoms with van der Waals surface area (Å²) in [6, 6.07) is 1.70. The van der Waals surface area contributed by atoms with E-state index < -0.39 is 11.4 Å². The van der Waals surface area contributed by atoms with Gasteiger partial charge in [-0.2, -0.15) is 5.10 Å². The summed E-state index contributed by atoms with van der Waals surface area (Å²) in [6.07, 6.45) is 1.24. The standard InChI is InChI=1S/C13H19N3O3/c1-12(2,3)9-6-8(15-16-9)10(17)14-7-13(4-5-13)11(18)19/h6H,4-5,7H2,1-3H3,(H,14,17)(H,15,16)(H,18,19). The highest BCUT2D eigenvalue weighted by Gasteiger charge is 2.50. The second kappa shape index (κ2) is 4.36. The number of rotatable bonds is 4. The van der Waals surface area contributed by atoms with E-state index in [0.29, 0.717) is 18.5 Å². The predicted molar refractivity (Wildman–Crippen MR) is 68.9 cm³/mol. The molecule has 6 heteroatoms. The van der Waals surface area contributed by atoms with Crippen LogP contribution in [0.25, 0.3) is 0 Å². The molecule has 1 heterocycles. The number of aliphatic carboxylic acids is 1. The van der Waals surface area contributed by atoms with Crippen molar-refractivity contribution in [2.75, 3.05) is 6.54 Å². The van der Waals surface area contributed by atoms with Crippen molar-refractivity contribution in [3.05, 3.63) is 17.5 Å². The van der Waals surface area contributed by atoms with Crippen LogP contribution in [0.5, 0.6) is 0 Å². The highest BCUT2D eigenvalue weighted by molar-refractivity contribution is 5.93. The van der Waals surface area contributed by atoms with Crippen molar-refractivity contribution in [2.45, 2.75) is 39.0 Å². The number of H-pyrrole nitrogens is 1. The lowest BCUT2D eigenvalue weighted by molar-refractivity contribution is -0.143. The molecule has 1 aromatic heterocycles. The van der Waals surface area contributed by atoms with Gasteiger partial charge in [0.1, 0.15) is 5.69 Å². The molecule has 1 saturated carbocycles. The molecule has 1 amide bonds. The molecule has 2 rings (SSSR count). The summed E-state index contributed by atoms with van der Waals surface area (Å²) in [5, 5.41) is 18.5. The average Bonchev–Trinajstić information content (AvgIpc) is 2.92. The highest BCUT2D eigenvalue weighted by atomic mass is 16.4. The second-order valence-corrected chi connectivity index (χ2v) is 6.19. The first-order chi connectivity index (χ1) is 8.74. The molecule has 0 bridgehead atoms. The molecule has 1 fully saturated rings. The van der Waals surface area contributed by atoms with Crippen LogP contribution >= 0.6 is 0 Å². The Hall–Kier alpha value is -1.85. The first-order valence-electron chi connectivity index (χ1n) is 6.32. The third-order valence-electron chi connectivity index (χ3n) is 3.51. The van der Waals surface area contributed by atoms with Crippen molar-refractivity contribution < 1.29 is 14.7 Å². The Labute approximate surface area is 111 Å². The van der Waals surface area contributed by atoms with Gasteiger partial charge >= 0.3 is 5.97 Å². The maximum absolute atomic E-state index is 11.9. The lowest BCUT2D eigenvalue weighted by Gasteiger charge is -2.14. The molecule has 1 aliphatic carbocycles. The molecule has 1 aromatic rings. The minimum atomic E-state index is -0.842. The summed E-state index contributed by atoms with van der Waals surface area (Å²) in [6.45, 7) is 6.22. The third kappa shape index (κ3) is 2.77. The van der Waals surface area contributed by atoms with E-state index >= 15 is 0 Å². The maximum Gasteiger partial charge on any atom is 0.311 e. The van der Waals surface area contributed by atoms with Gasteiger partial charge in [0, 0.05) is 17.7 Å². The number of amides is 1.